The standard InChI is InChI=1S/C14H17F3N2O3.ClH/c15-14(16,17)22-11-3-1-9(2-4-11)5-13(21)19-7-10-6-18-8-12(10)20;/h1-4,10,12,18,20H,5-8H2,(H,19,21);1H. The highest BCUT2D eigenvalue weighted by atomic mass is 35.5. The summed E-state index contributed by atoms with van der Waals surface area (Å²) in [6, 6.07) is 5.15. The normalized spacial score (nSPS) is 20.7. The number of β-amino-alcohol motifs (C(OH)–C–C–N with tert-alkyl or cyclic N) is 1. The van der Waals surface area contributed by atoms with Gasteiger partial charge in [0.2, 0.25) is 5.91 Å². The third-order valence-electron chi connectivity index (χ3n) is 3.39. The molecule has 0 spiro atoms. The molecule has 2 atom stereocenters. The summed E-state index contributed by atoms with van der Waals surface area (Å²) < 4.78 is 39.8. The second kappa shape index (κ2) is 8.37. The van der Waals surface area contributed by atoms with Crippen molar-refractivity contribution in [3.8, 4) is 5.75 Å². The number of nitrogens with one attached hydrogen (secondary N) is 2. The van der Waals surface area contributed by atoms with Crippen molar-refractivity contribution in [2.45, 2.75) is 18.9 Å². The highest BCUT2D eigenvalue weighted by molar-refractivity contribution is 5.85. The quantitative estimate of drug-likeness (QED) is 0.744. The Morgan fingerprint density at radius 2 is 1.96 bits per heavy atom. The van der Waals surface area contributed by atoms with Crippen LogP contribution in [0.5, 0.6) is 5.75 Å². The Kier molecular flexibility index (Phi) is 7.11. The van der Waals surface area contributed by atoms with Crippen molar-refractivity contribution < 1.29 is 27.8 Å². The zero-order valence-corrected chi connectivity index (χ0v) is 12.9. The van der Waals surface area contributed by atoms with Gasteiger partial charge >= 0.3 is 6.36 Å². The molecule has 3 N–H and O–H groups in total. The molecule has 9 heteroatoms. The van der Waals surface area contributed by atoms with Crippen LogP contribution in [0, 0.1) is 5.92 Å². The molecule has 5 nitrogen and oxygen atoms in total. The molecule has 1 saturated heterocycles. The number of hydrogen-bond acceptors (Lipinski definition) is 4. The van der Waals surface area contributed by atoms with Crippen molar-refractivity contribution in [1.82, 2.24) is 10.6 Å². The van der Waals surface area contributed by atoms with Gasteiger partial charge in [-0.15, -0.1) is 25.6 Å². The molecule has 1 aromatic carbocycles. The van der Waals surface area contributed by atoms with Crippen LogP contribution in [0.4, 0.5) is 13.2 Å². The first-order chi connectivity index (χ1) is 10.3. The van der Waals surface area contributed by atoms with Crippen LogP contribution in [0.15, 0.2) is 24.3 Å². The summed E-state index contributed by atoms with van der Waals surface area (Å²) in [6.07, 6.45) is -5.14. The van der Waals surface area contributed by atoms with E-state index < -0.39 is 12.5 Å². The van der Waals surface area contributed by atoms with Crippen molar-refractivity contribution >= 4 is 18.3 Å². The second-order valence-corrected chi connectivity index (χ2v) is 5.16. The van der Waals surface area contributed by atoms with Gasteiger partial charge in [-0.25, -0.2) is 0 Å². The minimum Gasteiger partial charge on any atom is -0.406 e. The molecule has 1 fully saturated rings. The van der Waals surface area contributed by atoms with E-state index in [1.165, 1.54) is 24.3 Å². The first kappa shape index (κ1) is 19.5. The number of ether oxygens (including phenoxy) is 1. The molecular weight excluding hydrogens is 337 g/mol. The van der Waals surface area contributed by atoms with Gasteiger partial charge in [-0.2, -0.15) is 0 Å². The van der Waals surface area contributed by atoms with Gasteiger partial charge in [-0.05, 0) is 17.7 Å². The van der Waals surface area contributed by atoms with Crippen LogP contribution in [0.3, 0.4) is 0 Å². The number of rotatable bonds is 5. The lowest BCUT2D eigenvalue weighted by Crippen LogP contribution is -2.35. The Bertz CT molecular complexity index is 511. The zero-order valence-electron chi connectivity index (χ0n) is 12.1. The first-order valence-corrected chi connectivity index (χ1v) is 6.83. The fourth-order valence-corrected chi connectivity index (χ4v) is 2.23. The van der Waals surface area contributed by atoms with Crippen LogP contribution in [0.1, 0.15) is 5.56 Å². The van der Waals surface area contributed by atoms with Crippen molar-refractivity contribution in [1.29, 1.82) is 0 Å². The van der Waals surface area contributed by atoms with E-state index in [9.17, 15) is 23.1 Å². The zero-order chi connectivity index (χ0) is 16.2. The molecule has 0 aliphatic carbocycles. The number of amides is 1. The number of alkyl halides is 3. The number of aliphatic hydroxyl groups is 1. The van der Waals surface area contributed by atoms with Crippen LogP contribution < -0.4 is 15.4 Å². The average molecular weight is 355 g/mol. The molecule has 0 radical (unpaired) electrons. The molecule has 23 heavy (non-hydrogen) atoms. The fraction of sp³-hybridized carbons (Fsp3) is 0.500. The summed E-state index contributed by atoms with van der Waals surface area (Å²) in [5, 5.41) is 15.3. The third-order valence-corrected chi connectivity index (χ3v) is 3.39. The first-order valence-electron chi connectivity index (χ1n) is 6.83. The van der Waals surface area contributed by atoms with Gasteiger partial charge in [0, 0.05) is 25.6 Å². The molecule has 1 amide bonds. The summed E-state index contributed by atoms with van der Waals surface area (Å²) in [4.78, 5) is 11.8. The molecule has 130 valence electrons. The SMILES string of the molecule is Cl.O=C(Cc1ccc(OC(F)(F)F)cc1)NCC1CNCC1O. The fourth-order valence-electron chi connectivity index (χ4n) is 2.23. The number of halogens is 4. The Morgan fingerprint density at radius 3 is 2.48 bits per heavy atom. The van der Waals surface area contributed by atoms with E-state index in [-0.39, 0.29) is 36.4 Å². The predicted molar refractivity (Wildman–Crippen MR) is 79.5 cm³/mol. The third kappa shape index (κ3) is 6.64. The van der Waals surface area contributed by atoms with Crippen molar-refractivity contribution in [3.63, 3.8) is 0 Å². The number of carbonyl (C=O) groups excluding carboxylic acids is 1. The monoisotopic (exact) mass is 354 g/mol. The van der Waals surface area contributed by atoms with E-state index in [1.807, 2.05) is 0 Å². The van der Waals surface area contributed by atoms with Gasteiger partial charge in [0.05, 0.1) is 12.5 Å². The van der Waals surface area contributed by atoms with E-state index in [4.69, 9.17) is 0 Å². The lowest BCUT2D eigenvalue weighted by Gasteiger charge is -2.14. The van der Waals surface area contributed by atoms with Crippen molar-refractivity contribution in [2.75, 3.05) is 19.6 Å². The molecule has 1 aromatic rings. The average Bonchev–Trinajstić information content (AvgIpc) is 2.83. The number of benzene rings is 1. The van der Waals surface area contributed by atoms with E-state index in [0.29, 0.717) is 25.2 Å². The minimum atomic E-state index is -4.73. The number of hydrogen-bond donors (Lipinski definition) is 3. The summed E-state index contributed by atoms with van der Waals surface area (Å²) in [6.45, 7) is 1.52. The molecule has 0 aromatic heterocycles. The van der Waals surface area contributed by atoms with Gasteiger partial charge in [-0.1, -0.05) is 12.1 Å². The van der Waals surface area contributed by atoms with Crippen LogP contribution in [0.25, 0.3) is 0 Å². The van der Waals surface area contributed by atoms with E-state index >= 15 is 0 Å². The molecule has 0 bridgehead atoms. The largest absolute Gasteiger partial charge is 0.573 e. The predicted octanol–water partition coefficient (Wildman–Crippen LogP) is 1.25. The van der Waals surface area contributed by atoms with E-state index in [2.05, 4.69) is 15.4 Å². The lowest BCUT2D eigenvalue weighted by molar-refractivity contribution is -0.274. The van der Waals surface area contributed by atoms with Crippen LogP contribution in [-0.4, -0.2) is 43.1 Å². The topological polar surface area (TPSA) is 70.6 Å². The highest BCUT2D eigenvalue weighted by Crippen LogP contribution is 2.22. The smallest absolute Gasteiger partial charge is 0.406 e. The molecule has 0 saturated carbocycles. The highest BCUT2D eigenvalue weighted by Gasteiger charge is 2.31. The Labute approximate surface area is 137 Å². The maximum atomic E-state index is 12.0. The van der Waals surface area contributed by atoms with E-state index in [1.54, 1.807) is 0 Å². The summed E-state index contributed by atoms with van der Waals surface area (Å²) in [5.74, 6) is -0.591. The van der Waals surface area contributed by atoms with Gasteiger partial charge in [0.25, 0.3) is 0 Å². The van der Waals surface area contributed by atoms with Gasteiger partial charge in [0.15, 0.2) is 0 Å². The molecule has 1 heterocycles. The summed E-state index contributed by atoms with van der Waals surface area (Å²) in [7, 11) is 0. The molecule has 1 aliphatic rings. The van der Waals surface area contributed by atoms with Crippen LogP contribution >= 0.6 is 12.4 Å². The summed E-state index contributed by atoms with van der Waals surface area (Å²) in [5.41, 5.74) is 0.581. The Hall–Kier alpha value is -1.51. The Morgan fingerprint density at radius 1 is 1.30 bits per heavy atom. The Balaban J connectivity index is 0.00000264. The summed E-state index contributed by atoms with van der Waals surface area (Å²) >= 11 is 0. The lowest BCUT2D eigenvalue weighted by atomic mass is 10.1. The maximum Gasteiger partial charge on any atom is 0.573 e. The van der Waals surface area contributed by atoms with Crippen LogP contribution in [-0.2, 0) is 11.2 Å². The maximum absolute atomic E-state index is 12.0. The van der Waals surface area contributed by atoms with Gasteiger partial charge < -0.3 is 20.5 Å². The number of carbonyl (C=O) groups is 1. The second-order valence-electron chi connectivity index (χ2n) is 5.16. The number of aliphatic hydroxyl groups excluding tert-OH is 1. The van der Waals surface area contributed by atoms with Crippen molar-refractivity contribution in [2.24, 2.45) is 5.92 Å². The van der Waals surface area contributed by atoms with Gasteiger partial charge in [0.1, 0.15) is 5.75 Å². The van der Waals surface area contributed by atoms with Crippen molar-refractivity contribution in [3.05, 3.63) is 29.8 Å². The van der Waals surface area contributed by atoms with Crippen LogP contribution in [0.2, 0.25) is 0 Å². The van der Waals surface area contributed by atoms with Gasteiger partial charge in [-0.3, -0.25) is 4.79 Å². The van der Waals surface area contributed by atoms with E-state index in [0.717, 1.165) is 0 Å². The molecule has 1 aliphatic heterocycles. The molecule has 2 unspecified atom stereocenters. The molecule has 2 rings (SSSR count). The molecular formula is C14H18ClF3N2O3. The minimum absolute atomic E-state index is 0.